The van der Waals surface area contributed by atoms with Crippen LogP contribution < -0.4 is 4.90 Å². The third-order valence-corrected chi connectivity index (χ3v) is 9.77. The number of benzene rings is 4. The quantitative estimate of drug-likeness (QED) is 0.136. The molecule has 0 N–H and O–H groups in total. The van der Waals surface area contributed by atoms with E-state index in [9.17, 15) is 4.79 Å². The van der Waals surface area contributed by atoms with Crippen LogP contribution >= 0.6 is 31.9 Å². The minimum atomic E-state index is -0.145. The van der Waals surface area contributed by atoms with E-state index in [-0.39, 0.29) is 11.3 Å². The van der Waals surface area contributed by atoms with Gasteiger partial charge in [-0.2, -0.15) is 0 Å². The maximum Gasteiger partial charge on any atom is 0.262 e. The van der Waals surface area contributed by atoms with E-state index in [1.54, 1.807) is 0 Å². The number of nitrogens with zero attached hydrogens (tertiary/aromatic N) is 1. The normalized spacial score (nSPS) is 13.5. The predicted molar refractivity (Wildman–Crippen MR) is 185 cm³/mol. The Labute approximate surface area is 268 Å². The maximum atomic E-state index is 14.5. The number of halogens is 2. The fourth-order valence-corrected chi connectivity index (χ4v) is 7.32. The summed E-state index contributed by atoms with van der Waals surface area (Å²) in [7, 11) is 0. The van der Waals surface area contributed by atoms with Crippen LogP contribution in [0.5, 0.6) is 0 Å². The lowest BCUT2D eigenvalue weighted by molar-refractivity contribution is 0.0997. The molecule has 1 amide bonds. The number of carbonyl (C=O) groups excluding carboxylic acids is 1. The molecule has 4 aromatic carbocycles. The molecule has 0 fully saturated rings. The zero-order chi connectivity index (χ0) is 29.5. The van der Waals surface area contributed by atoms with Gasteiger partial charge in [0.2, 0.25) is 0 Å². The first-order valence-electron chi connectivity index (χ1n) is 15.6. The molecule has 5 rings (SSSR count). The SMILES string of the molecule is CCCCCCC1(CCCCCC)c2cc(Br)ccc2N(C(=O)c2ccc(-c3ccccc3)cc2)c2ccc(Br)cc21. The van der Waals surface area contributed by atoms with E-state index in [4.69, 9.17) is 0 Å². The minimum absolute atomic E-state index is 0.00678. The van der Waals surface area contributed by atoms with Crippen molar-refractivity contribution in [3.63, 3.8) is 0 Å². The summed E-state index contributed by atoms with van der Waals surface area (Å²) in [5.74, 6) is 0.00678. The van der Waals surface area contributed by atoms with Gasteiger partial charge in [0.05, 0.1) is 11.4 Å². The Kier molecular flexibility index (Phi) is 10.4. The van der Waals surface area contributed by atoms with Gasteiger partial charge in [-0.15, -0.1) is 0 Å². The van der Waals surface area contributed by atoms with Crippen LogP contribution in [0.15, 0.2) is 99.9 Å². The summed E-state index contributed by atoms with van der Waals surface area (Å²) < 4.78 is 2.12. The number of anilines is 2. The number of unbranched alkanes of at least 4 members (excludes halogenated alkanes) is 6. The molecular weight excluding hydrogens is 646 g/mol. The van der Waals surface area contributed by atoms with Crippen LogP contribution in [0.25, 0.3) is 11.1 Å². The second-order valence-electron chi connectivity index (χ2n) is 11.6. The lowest BCUT2D eigenvalue weighted by atomic mass is 9.65. The number of rotatable bonds is 12. The van der Waals surface area contributed by atoms with E-state index < -0.39 is 0 Å². The number of fused-ring (bicyclic) bond motifs is 2. The first kappa shape index (κ1) is 30.8. The molecule has 0 aliphatic carbocycles. The lowest BCUT2D eigenvalue weighted by Crippen LogP contribution is -2.40. The second kappa shape index (κ2) is 14.2. The number of hydrogen-bond acceptors (Lipinski definition) is 1. The summed E-state index contributed by atoms with van der Waals surface area (Å²) in [6, 6.07) is 31.4. The molecule has 0 saturated heterocycles. The van der Waals surface area contributed by atoms with Crippen molar-refractivity contribution in [2.45, 2.75) is 83.5 Å². The van der Waals surface area contributed by atoms with Gasteiger partial charge in [0, 0.05) is 19.9 Å². The van der Waals surface area contributed by atoms with E-state index >= 15 is 0 Å². The van der Waals surface area contributed by atoms with Crippen LogP contribution in [0.2, 0.25) is 0 Å². The fraction of sp³-hybridized carbons (Fsp3) is 0.342. The van der Waals surface area contributed by atoms with Crippen molar-refractivity contribution in [2.24, 2.45) is 0 Å². The lowest BCUT2D eigenvalue weighted by Gasteiger charge is -2.45. The van der Waals surface area contributed by atoms with Gasteiger partial charge in [0.15, 0.2) is 0 Å². The number of carbonyl (C=O) groups is 1. The second-order valence-corrected chi connectivity index (χ2v) is 13.4. The van der Waals surface area contributed by atoms with E-state index in [1.165, 1.54) is 62.5 Å². The van der Waals surface area contributed by atoms with E-state index in [2.05, 4.69) is 106 Å². The summed E-state index contributed by atoms with van der Waals surface area (Å²) >= 11 is 7.60. The Bertz CT molecular complexity index is 1430. The Morgan fingerprint density at radius 1 is 0.619 bits per heavy atom. The van der Waals surface area contributed by atoms with Gasteiger partial charge >= 0.3 is 0 Å². The van der Waals surface area contributed by atoms with Crippen molar-refractivity contribution in [1.82, 2.24) is 0 Å². The fourth-order valence-electron chi connectivity index (χ4n) is 6.60. The van der Waals surface area contributed by atoms with E-state index in [1.807, 2.05) is 35.2 Å². The summed E-state index contributed by atoms with van der Waals surface area (Å²) in [5, 5.41) is 0. The van der Waals surface area contributed by atoms with E-state index in [0.717, 1.165) is 44.3 Å². The number of amides is 1. The van der Waals surface area contributed by atoms with Crippen LogP contribution in [0.3, 0.4) is 0 Å². The average Bonchev–Trinajstić information content (AvgIpc) is 3.02. The predicted octanol–water partition coefficient (Wildman–Crippen LogP) is 12.4. The van der Waals surface area contributed by atoms with Crippen molar-refractivity contribution in [1.29, 1.82) is 0 Å². The maximum absolute atomic E-state index is 14.5. The van der Waals surface area contributed by atoms with Gasteiger partial charge in [-0.1, -0.05) is 140 Å². The Balaban J connectivity index is 1.61. The topological polar surface area (TPSA) is 20.3 Å². The molecule has 0 atom stereocenters. The first-order valence-corrected chi connectivity index (χ1v) is 17.2. The highest BCUT2D eigenvalue weighted by Crippen LogP contribution is 2.55. The molecule has 4 heteroatoms. The third-order valence-electron chi connectivity index (χ3n) is 8.79. The van der Waals surface area contributed by atoms with Gasteiger partial charge in [-0.3, -0.25) is 9.69 Å². The molecule has 0 spiro atoms. The smallest absolute Gasteiger partial charge is 0.262 e. The highest BCUT2D eigenvalue weighted by Gasteiger charge is 2.44. The van der Waals surface area contributed by atoms with Crippen molar-refractivity contribution < 1.29 is 4.79 Å². The molecule has 1 aliphatic rings. The molecular formula is C38H41Br2NO. The molecule has 218 valence electrons. The van der Waals surface area contributed by atoms with Gasteiger partial charge in [0.25, 0.3) is 5.91 Å². The first-order chi connectivity index (χ1) is 20.5. The number of hydrogen-bond donors (Lipinski definition) is 0. The minimum Gasteiger partial charge on any atom is -0.276 e. The zero-order valence-corrected chi connectivity index (χ0v) is 28.0. The van der Waals surface area contributed by atoms with Crippen LogP contribution in [-0.2, 0) is 5.41 Å². The monoisotopic (exact) mass is 685 g/mol. The molecule has 0 aromatic heterocycles. The summed E-state index contributed by atoms with van der Waals surface area (Å²) in [4.78, 5) is 16.4. The van der Waals surface area contributed by atoms with Crippen molar-refractivity contribution >= 4 is 49.1 Å². The largest absolute Gasteiger partial charge is 0.276 e. The molecule has 1 aliphatic heterocycles. The third kappa shape index (κ3) is 6.45. The van der Waals surface area contributed by atoms with Crippen LogP contribution in [0, 0.1) is 0 Å². The summed E-state index contributed by atoms with van der Waals surface area (Å²) in [5.41, 5.74) is 7.36. The van der Waals surface area contributed by atoms with Gasteiger partial charge in [0.1, 0.15) is 0 Å². The van der Waals surface area contributed by atoms with Crippen molar-refractivity contribution in [3.05, 3.63) is 117 Å². The summed E-state index contributed by atoms with van der Waals surface area (Å²) in [6.45, 7) is 4.55. The Morgan fingerprint density at radius 3 is 1.62 bits per heavy atom. The van der Waals surface area contributed by atoms with Gasteiger partial charge in [-0.25, -0.2) is 0 Å². The Hall–Kier alpha value is -2.69. The summed E-state index contributed by atoms with van der Waals surface area (Å²) in [6.07, 6.45) is 11.9. The molecule has 1 heterocycles. The van der Waals surface area contributed by atoms with Gasteiger partial charge in [-0.05, 0) is 83.6 Å². The highest BCUT2D eigenvalue weighted by molar-refractivity contribution is 9.10. The molecule has 0 unspecified atom stereocenters. The molecule has 0 radical (unpaired) electrons. The highest BCUT2D eigenvalue weighted by atomic mass is 79.9. The van der Waals surface area contributed by atoms with Crippen molar-refractivity contribution in [3.8, 4) is 11.1 Å². The van der Waals surface area contributed by atoms with Crippen LogP contribution in [0.4, 0.5) is 11.4 Å². The Morgan fingerprint density at radius 2 is 1.12 bits per heavy atom. The molecule has 4 aromatic rings. The molecule has 0 saturated carbocycles. The average molecular weight is 688 g/mol. The zero-order valence-electron chi connectivity index (χ0n) is 24.8. The van der Waals surface area contributed by atoms with Gasteiger partial charge < -0.3 is 0 Å². The van der Waals surface area contributed by atoms with Crippen LogP contribution in [0.1, 0.15) is 99.5 Å². The van der Waals surface area contributed by atoms with Crippen LogP contribution in [-0.4, -0.2) is 5.91 Å². The molecule has 42 heavy (non-hydrogen) atoms. The van der Waals surface area contributed by atoms with E-state index in [0.29, 0.717) is 5.56 Å². The standard InChI is InChI=1S/C38H41Br2NO/c1-3-5-7-12-24-38(25-13-8-6-4-2)33-26-31(39)20-22-35(33)41(36-23-21-32(40)27-34(36)38)37(42)30-18-16-29(17-19-30)28-14-10-9-11-15-28/h9-11,14-23,26-27H,3-8,12-13,24-25H2,1-2H3. The van der Waals surface area contributed by atoms with Crippen molar-refractivity contribution in [2.75, 3.05) is 4.90 Å². The molecule has 0 bridgehead atoms. The molecule has 2 nitrogen and oxygen atoms in total.